The Balaban J connectivity index is 1.38. The van der Waals surface area contributed by atoms with Crippen molar-refractivity contribution < 1.29 is 9.53 Å². The first kappa shape index (κ1) is 17.8. The van der Waals surface area contributed by atoms with Gasteiger partial charge in [0.15, 0.2) is 6.29 Å². The molecule has 0 aliphatic carbocycles. The number of rotatable bonds is 7. The van der Waals surface area contributed by atoms with E-state index in [0.717, 1.165) is 50.5 Å². The molecule has 0 bridgehead atoms. The van der Waals surface area contributed by atoms with Gasteiger partial charge in [0, 0.05) is 43.4 Å². The number of anilines is 1. The fourth-order valence-corrected chi connectivity index (χ4v) is 3.19. The Kier molecular flexibility index (Phi) is 6.31. The summed E-state index contributed by atoms with van der Waals surface area (Å²) >= 11 is 5.95. The Bertz CT molecular complexity index is 682. The predicted octanol–water partition coefficient (Wildman–Crippen LogP) is 3.74. The van der Waals surface area contributed by atoms with Crippen LogP contribution in [0.5, 0.6) is 5.75 Å². The number of ether oxygens (including phenoxy) is 1. The van der Waals surface area contributed by atoms with E-state index in [1.165, 1.54) is 5.69 Å². The molecule has 1 fully saturated rings. The second-order valence-electron chi connectivity index (χ2n) is 6.16. The van der Waals surface area contributed by atoms with Crippen LogP contribution in [0, 0.1) is 0 Å². The molecule has 25 heavy (non-hydrogen) atoms. The van der Waals surface area contributed by atoms with E-state index in [1.54, 1.807) is 6.07 Å². The van der Waals surface area contributed by atoms with Gasteiger partial charge < -0.3 is 9.64 Å². The molecule has 0 amide bonds. The molecule has 1 aliphatic heterocycles. The van der Waals surface area contributed by atoms with Crippen molar-refractivity contribution >= 4 is 23.6 Å². The highest BCUT2D eigenvalue weighted by molar-refractivity contribution is 6.30. The van der Waals surface area contributed by atoms with Gasteiger partial charge in [-0.15, -0.1) is 0 Å². The third-order valence-corrected chi connectivity index (χ3v) is 4.74. The van der Waals surface area contributed by atoms with Gasteiger partial charge in [-0.3, -0.25) is 9.69 Å². The Morgan fingerprint density at radius 3 is 2.44 bits per heavy atom. The minimum absolute atomic E-state index is 0.610. The summed E-state index contributed by atoms with van der Waals surface area (Å²) in [7, 11) is 0. The van der Waals surface area contributed by atoms with Crippen molar-refractivity contribution in [3.8, 4) is 5.75 Å². The van der Waals surface area contributed by atoms with Crippen molar-refractivity contribution in [2.75, 3.05) is 44.2 Å². The van der Waals surface area contributed by atoms with Crippen molar-refractivity contribution in [2.45, 2.75) is 6.42 Å². The largest absolute Gasteiger partial charge is 0.493 e. The molecule has 0 saturated carbocycles. The number of hydrogen-bond acceptors (Lipinski definition) is 4. The molecule has 1 heterocycles. The molecule has 1 aliphatic rings. The number of piperazine rings is 1. The number of halogens is 1. The fourth-order valence-electron chi connectivity index (χ4n) is 3.06. The van der Waals surface area contributed by atoms with Crippen LogP contribution in [0.2, 0.25) is 5.02 Å². The van der Waals surface area contributed by atoms with Gasteiger partial charge in [-0.25, -0.2) is 0 Å². The van der Waals surface area contributed by atoms with E-state index in [2.05, 4.69) is 21.9 Å². The first-order valence-corrected chi connectivity index (χ1v) is 9.04. The van der Waals surface area contributed by atoms with Gasteiger partial charge >= 0.3 is 0 Å². The number of carbonyl (C=O) groups excluding carboxylic acids is 1. The molecule has 0 atom stereocenters. The van der Waals surface area contributed by atoms with Crippen molar-refractivity contribution in [3.05, 3.63) is 59.1 Å². The normalized spacial score (nSPS) is 15.2. The third kappa shape index (κ3) is 4.97. The van der Waals surface area contributed by atoms with Crippen LogP contribution in [-0.2, 0) is 0 Å². The van der Waals surface area contributed by atoms with Crippen LogP contribution in [0.15, 0.2) is 48.5 Å². The molecule has 0 spiro atoms. The maximum atomic E-state index is 11.0. The maximum absolute atomic E-state index is 11.0. The van der Waals surface area contributed by atoms with Gasteiger partial charge in [-0.2, -0.15) is 0 Å². The lowest BCUT2D eigenvalue weighted by atomic mass is 10.2. The third-order valence-electron chi connectivity index (χ3n) is 4.49. The lowest BCUT2D eigenvalue weighted by Crippen LogP contribution is -2.46. The quantitative estimate of drug-likeness (QED) is 0.557. The van der Waals surface area contributed by atoms with E-state index in [-0.39, 0.29) is 0 Å². The number of benzene rings is 2. The molecule has 2 aromatic rings. The number of hydrogen-bond donors (Lipinski definition) is 0. The van der Waals surface area contributed by atoms with E-state index in [9.17, 15) is 4.79 Å². The zero-order valence-corrected chi connectivity index (χ0v) is 15.0. The summed E-state index contributed by atoms with van der Waals surface area (Å²) < 4.78 is 5.74. The van der Waals surface area contributed by atoms with Crippen molar-refractivity contribution in [1.29, 1.82) is 0 Å². The summed E-state index contributed by atoms with van der Waals surface area (Å²) in [5.74, 6) is 0.671. The molecule has 3 rings (SSSR count). The van der Waals surface area contributed by atoms with E-state index in [1.807, 2.05) is 30.3 Å². The molecule has 2 aromatic carbocycles. The van der Waals surface area contributed by atoms with Gasteiger partial charge in [0.1, 0.15) is 5.75 Å². The highest BCUT2D eigenvalue weighted by Crippen LogP contribution is 2.20. The van der Waals surface area contributed by atoms with Crippen molar-refractivity contribution in [3.63, 3.8) is 0 Å². The van der Waals surface area contributed by atoms with Crippen LogP contribution in [-0.4, -0.2) is 50.5 Å². The van der Waals surface area contributed by atoms with E-state index >= 15 is 0 Å². The first-order chi connectivity index (χ1) is 12.3. The Hall–Kier alpha value is -2.04. The minimum Gasteiger partial charge on any atom is -0.493 e. The van der Waals surface area contributed by atoms with Crippen LogP contribution in [0.25, 0.3) is 0 Å². The summed E-state index contributed by atoms with van der Waals surface area (Å²) in [6.07, 6.45) is 1.79. The first-order valence-electron chi connectivity index (χ1n) is 8.66. The van der Waals surface area contributed by atoms with Crippen LogP contribution in [0.3, 0.4) is 0 Å². The Morgan fingerprint density at radius 2 is 1.72 bits per heavy atom. The second-order valence-corrected chi connectivity index (χ2v) is 6.60. The Labute approximate surface area is 154 Å². The number of carbonyl (C=O) groups is 1. The van der Waals surface area contributed by atoms with E-state index < -0.39 is 0 Å². The molecule has 0 unspecified atom stereocenters. The summed E-state index contributed by atoms with van der Waals surface area (Å²) in [4.78, 5) is 15.8. The van der Waals surface area contributed by atoms with Crippen LogP contribution < -0.4 is 9.64 Å². The van der Waals surface area contributed by atoms with Gasteiger partial charge in [0.2, 0.25) is 0 Å². The monoisotopic (exact) mass is 358 g/mol. The van der Waals surface area contributed by atoms with Crippen molar-refractivity contribution in [2.24, 2.45) is 0 Å². The molecule has 0 aromatic heterocycles. The molecule has 1 saturated heterocycles. The molecular weight excluding hydrogens is 336 g/mol. The summed E-state index contributed by atoms with van der Waals surface area (Å²) in [5, 5.41) is 0.776. The lowest BCUT2D eigenvalue weighted by Gasteiger charge is -2.36. The maximum Gasteiger partial charge on any atom is 0.153 e. The number of nitrogens with zero attached hydrogens (tertiary/aromatic N) is 2. The molecule has 5 heteroatoms. The smallest absolute Gasteiger partial charge is 0.153 e. The minimum atomic E-state index is 0.610. The van der Waals surface area contributed by atoms with Crippen LogP contribution in [0.4, 0.5) is 5.69 Å². The van der Waals surface area contributed by atoms with Crippen LogP contribution in [0.1, 0.15) is 16.8 Å². The van der Waals surface area contributed by atoms with E-state index in [4.69, 9.17) is 16.3 Å². The Morgan fingerprint density at radius 1 is 1.00 bits per heavy atom. The van der Waals surface area contributed by atoms with E-state index in [0.29, 0.717) is 17.9 Å². The average molecular weight is 359 g/mol. The molecule has 0 N–H and O–H groups in total. The predicted molar refractivity (Wildman–Crippen MR) is 102 cm³/mol. The summed E-state index contributed by atoms with van der Waals surface area (Å²) in [6, 6.07) is 15.4. The fraction of sp³-hybridized carbons (Fsp3) is 0.350. The second kappa shape index (κ2) is 8.88. The van der Waals surface area contributed by atoms with Crippen LogP contribution >= 0.6 is 11.6 Å². The SMILES string of the molecule is O=Cc1ccccc1OCCCN1CCN(c2ccc(Cl)cc2)CC1. The van der Waals surface area contributed by atoms with Gasteiger partial charge in [-0.05, 0) is 42.8 Å². The highest BCUT2D eigenvalue weighted by Gasteiger charge is 2.16. The zero-order valence-electron chi connectivity index (χ0n) is 14.2. The topological polar surface area (TPSA) is 32.8 Å². The summed E-state index contributed by atoms with van der Waals surface area (Å²) in [6.45, 7) is 5.79. The van der Waals surface area contributed by atoms with Gasteiger partial charge in [0.25, 0.3) is 0 Å². The average Bonchev–Trinajstić information content (AvgIpc) is 2.67. The molecule has 4 nitrogen and oxygen atoms in total. The molecule has 132 valence electrons. The lowest BCUT2D eigenvalue weighted by molar-refractivity contribution is 0.111. The molecule has 0 radical (unpaired) electrons. The van der Waals surface area contributed by atoms with Gasteiger partial charge in [0.05, 0.1) is 12.2 Å². The number of aldehydes is 1. The molecular formula is C20H23ClN2O2. The highest BCUT2D eigenvalue weighted by atomic mass is 35.5. The van der Waals surface area contributed by atoms with Crippen molar-refractivity contribution in [1.82, 2.24) is 4.90 Å². The zero-order chi connectivity index (χ0) is 17.5. The summed E-state index contributed by atoms with van der Waals surface area (Å²) in [5.41, 5.74) is 1.84. The standard InChI is InChI=1S/C20H23ClN2O2/c21-18-6-8-19(9-7-18)23-13-11-22(12-14-23)10-3-15-25-20-5-2-1-4-17(20)16-24/h1-2,4-9,16H,3,10-15H2. The number of para-hydroxylation sites is 1. The van der Waals surface area contributed by atoms with Gasteiger partial charge in [-0.1, -0.05) is 23.7 Å².